The van der Waals surface area contributed by atoms with Crippen LogP contribution in [-0.4, -0.2) is 58.1 Å². The molecule has 0 bridgehead atoms. The second kappa shape index (κ2) is 11.0. The molecule has 2 heterocycles. The first-order valence-electron chi connectivity index (χ1n) is 10.3. The second-order valence-electron chi connectivity index (χ2n) is 7.68. The molecule has 0 saturated carbocycles. The Labute approximate surface area is 184 Å². The Hall–Kier alpha value is -2.75. The maximum Gasteiger partial charge on any atom is 0.329 e. The van der Waals surface area contributed by atoms with Crippen molar-refractivity contribution in [2.24, 2.45) is 0 Å². The van der Waals surface area contributed by atoms with E-state index in [0.717, 1.165) is 24.2 Å². The summed E-state index contributed by atoms with van der Waals surface area (Å²) >= 11 is 1.82. The molecule has 2 fully saturated rings. The molecule has 2 saturated heterocycles. The fourth-order valence-corrected chi connectivity index (χ4v) is 5.28. The van der Waals surface area contributed by atoms with E-state index in [1.54, 1.807) is 24.3 Å². The minimum atomic E-state index is -1.22. The number of fused-ring (bicyclic) bond motifs is 1. The molecule has 0 aliphatic carbocycles. The number of rotatable bonds is 11. The highest BCUT2D eigenvalue weighted by atomic mass is 32.2. The van der Waals surface area contributed by atoms with Crippen LogP contribution in [0.15, 0.2) is 30.3 Å². The van der Waals surface area contributed by atoms with E-state index in [-0.39, 0.29) is 37.0 Å². The van der Waals surface area contributed by atoms with Gasteiger partial charge in [0.2, 0.25) is 5.91 Å². The quantitative estimate of drug-likeness (QED) is 0.228. The maximum absolute atomic E-state index is 12.3. The highest BCUT2D eigenvalue weighted by molar-refractivity contribution is 8.00. The first-order valence-corrected chi connectivity index (χ1v) is 11.4. The minimum Gasteiger partial charge on any atom is -0.481 e. The van der Waals surface area contributed by atoms with Gasteiger partial charge in [0, 0.05) is 17.4 Å². The van der Waals surface area contributed by atoms with Crippen molar-refractivity contribution in [2.75, 3.05) is 5.75 Å². The van der Waals surface area contributed by atoms with Crippen LogP contribution >= 0.6 is 11.8 Å². The number of urea groups is 1. The van der Waals surface area contributed by atoms with Gasteiger partial charge in [-0.15, -0.1) is 0 Å². The van der Waals surface area contributed by atoms with Crippen molar-refractivity contribution in [3.63, 3.8) is 0 Å². The monoisotopic (exact) mass is 449 g/mol. The molecule has 0 unspecified atom stereocenters. The molecule has 2 aliphatic rings. The lowest BCUT2D eigenvalue weighted by atomic mass is 10.0. The van der Waals surface area contributed by atoms with Gasteiger partial charge in [-0.25, -0.2) is 9.59 Å². The van der Waals surface area contributed by atoms with E-state index in [1.807, 2.05) is 17.8 Å². The fourth-order valence-electron chi connectivity index (χ4n) is 3.74. The third kappa shape index (κ3) is 6.88. The Balaban J connectivity index is 1.38. The van der Waals surface area contributed by atoms with E-state index < -0.39 is 24.4 Å². The van der Waals surface area contributed by atoms with Crippen LogP contribution in [0, 0.1) is 0 Å². The second-order valence-corrected chi connectivity index (χ2v) is 8.95. The minimum absolute atomic E-state index is 0.0122. The molecule has 4 atom stereocenters. The van der Waals surface area contributed by atoms with E-state index in [0.29, 0.717) is 11.7 Å². The number of aliphatic carboxylic acids is 1. The van der Waals surface area contributed by atoms with Gasteiger partial charge < -0.3 is 25.8 Å². The van der Waals surface area contributed by atoms with Crippen molar-refractivity contribution in [1.82, 2.24) is 16.0 Å². The number of carbonyl (C=O) groups excluding carboxylic acids is 3. The highest BCUT2D eigenvalue weighted by Crippen LogP contribution is 2.33. The summed E-state index contributed by atoms with van der Waals surface area (Å²) in [5.74, 6) is -1.45. The summed E-state index contributed by atoms with van der Waals surface area (Å²) < 4.78 is 5.17. The molecule has 168 valence electrons. The molecule has 9 nitrogen and oxygen atoms in total. The van der Waals surface area contributed by atoms with Crippen molar-refractivity contribution in [3.05, 3.63) is 35.9 Å². The van der Waals surface area contributed by atoms with Crippen molar-refractivity contribution >= 4 is 35.6 Å². The van der Waals surface area contributed by atoms with E-state index >= 15 is 0 Å². The smallest absolute Gasteiger partial charge is 0.329 e. The SMILES string of the molecule is O=C(O)C[C@@H](NC(=O)CCCC[C@@H]1SC[C@@H]2NC(=O)N[C@@H]21)C(=O)OCc1ccccc1. The fraction of sp³-hybridized carbons (Fsp3) is 0.524. The van der Waals surface area contributed by atoms with Crippen LogP contribution in [0.1, 0.15) is 37.7 Å². The van der Waals surface area contributed by atoms with Crippen LogP contribution in [0.25, 0.3) is 0 Å². The van der Waals surface area contributed by atoms with Gasteiger partial charge in [0.1, 0.15) is 12.6 Å². The molecule has 0 spiro atoms. The number of thioether (sulfide) groups is 1. The standard InChI is InChI=1S/C21H27N3O6S/c25-17(9-5-4-8-16-19-15(12-31-16)23-21(29)24-19)22-14(10-18(26)27)20(28)30-11-13-6-2-1-3-7-13/h1-3,6-7,14-16,19H,4-5,8-12H2,(H,22,25)(H,26,27)(H2,23,24,29)/t14-,15+,16+,19+/m1/s1. The molecule has 0 radical (unpaired) electrons. The van der Waals surface area contributed by atoms with Gasteiger partial charge >= 0.3 is 18.0 Å². The number of carbonyl (C=O) groups is 4. The van der Waals surface area contributed by atoms with E-state index in [2.05, 4.69) is 16.0 Å². The number of unbranched alkanes of at least 4 members (excludes halogenated alkanes) is 1. The zero-order chi connectivity index (χ0) is 22.2. The summed E-state index contributed by atoms with van der Waals surface area (Å²) in [4.78, 5) is 47.0. The third-order valence-electron chi connectivity index (χ3n) is 5.30. The van der Waals surface area contributed by atoms with Crippen molar-refractivity contribution in [1.29, 1.82) is 0 Å². The number of hydrogen-bond donors (Lipinski definition) is 4. The van der Waals surface area contributed by atoms with E-state index in [9.17, 15) is 19.2 Å². The predicted octanol–water partition coefficient (Wildman–Crippen LogP) is 1.42. The molecular weight excluding hydrogens is 422 g/mol. The first-order chi connectivity index (χ1) is 14.9. The molecular formula is C21H27N3O6S. The van der Waals surface area contributed by atoms with Gasteiger partial charge in [-0.2, -0.15) is 11.8 Å². The van der Waals surface area contributed by atoms with Crippen LogP contribution in [-0.2, 0) is 25.7 Å². The number of esters is 1. The molecule has 2 aliphatic heterocycles. The average molecular weight is 450 g/mol. The molecule has 3 amide bonds. The van der Waals surface area contributed by atoms with E-state index in [4.69, 9.17) is 9.84 Å². The Bertz CT molecular complexity index is 806. The zero-order valence-corrected chi connectivity index (χ0v) is 17.9. The van der Waals surface area contributed by atoms with Crippen LogP contribution in [0.3, 0.4) is 0 Å². The summed E-state index contributed by atoms with van der Waals surface area (Å²) in [7, 11) is 0. The Morgan fingerprint density at radius 2 is 1.97 bits per heavy atom. The maximum atomic E-state index is 12.3. The number of benzene rings is 1. The van der Waals surface area contributed by atoms with Gasteiger partial charge in [-0.1, -0.05) is 36.8 Å². The zero-order valence-electron chi connectivity index (χ0n) is 17.0. The first kappa shape index (κ1) is 22.9. The van der Waals surface area contributed by atoms with Crippen LogP contribution in [0.2, 0.25) is 0 Å². The largest absolute Gasteiger partial charge is 0.481 e. The molecule has 10 heteroatoms. The number of nitrogens with one attached hydrogen (secondary N) is 3. The van der Waals surface area contributed by atoms with Gasteiger partial charge in [0.25, 0.3) is 0 Å². The molecule has 1 aromatic carbocycles. The molecule has 1 aromatic rings. The summed E-state index contributed by atoms with van der Waals surface area (Å²) in [5, 5.41) is 17.7. The number of amides is 3. The lowest BCUT2D eigenvalue weighted by Crippen LogP contribution is -2.43. The number of ether oxygens (including phenoxy) is 1. The van der Waals surface area contributed by atoms with Gasteiger partial charge in [-0.3, -0.25) is 9.59 Å². The Morgan fingerprint density at radius 3 is 2.71 bits per heavy atom. The highest BCUT2D eigenvalue weighted by Gasteiger charge is 2.42. The average Bonchev–Trinajstić information content (AvgIpc) is 3.28. The molecule has 3 rings (SSSR count). The Kier molecular flexibility index (Phi) is 8.16. The predicted molar refractivity (Wildman–Crippen MR) is 114 cm³/mol. The van der Waals surface area contributed by atoms with Gasteiger partial charge in [0.15, 0.2) is 0 Å². The summed E-state index contributed by atoms with van der Waals surface area (Å²) in [5.41, 5.74) is 0.775. The van der Waals surface area contributed by atoms with Crippen molar-refractivity contribution in [3.8, 4) is 0 Å². The number of carboxylic acids is 1. The van der Waals surface area contributed by atoms with Crippen LogP contribution < -0.4 is 16.0 Å². The lowest BCUT2D eigenvalue weighted by molar-refractivity contribution is -0.152. The van der Waals surface area contributed by atoms with Crippen molar-refractivity contribution in [2.45, 2.75) is 62.1 Å². The van der Waals surface area contributed by atoms with Crippen molar-refractivity contribution < 1.29 is 29.0 Å². The molecule has 31 heavy (non-hydrogen) atoms. The summed E-state index contributed by atoms with van der Waals surface area (Å²) in [6.07, 6.45) is 1.94. The normalized spacial score (nSPS) is 22.7. The number of hydrogen-bond acceptors (Lipinski definition) is 6. The van der Waals surface area contributed by atoms with Crippen LogP contribution in [0.5, 0.6) is 0 Å². The topological polar surface area (TPSA) is 134 Å². The van der Waals surface area contributed by atoms with Crippen LogP contribution in [0.4, 0.5) is 4.79 Å². The molecule has 0 aromatic heterocycles. The van der Waals surface area contributed by atoms with Gasteiger partial charge in [-0.05, 0) is 18.4 Å². The van der Waals surface area contributed by atoms with Gasteiger partial charge in [0.05, 0.1) is 18.5 Å². The van der Waals surface area contributed by atoms with E-state index in [1.165, 1.54) is 0 Å². The lowest BCUT2D eigenvalue weighted by Gasteiger charge is -2.17. The molecule has 4 N–H and O–H groups in total. The number of carboxylic acid groups (broad SMARTS) is 1. The summed E-state index contributed by atoms with van der Waals surface area (Å²) in [6, 6.07) is 7.98. The summed E-state index contributed by atoms with van der Waals surface area (Å²) in [6.45, 7) is 0.0122. The Morgan fingerprint density at radius 1 is 1.19 bits per heavy atom. The third-order valence-corrected chi connectivity index (χ3v) is 6.81.